The van der Waals surface area contributed by atoms with Gasteiger partial charge in [0.2, 0.25) is 5.60 Å². The minimum absolute atomic E-state index is 0.0294. The minimum Gasteiger partial charge on any atom is -0.494 e. The molecule has 0 aromatic heterocycles. The quantitative estimate of drug-likeness (QED) is 0.428. The Bertz CT molecular complexity index is 831. The number of aliphatic carboxylic acids is 1. The summed E-state index contributed by atoms with van der Waals surface area (Å²) in [5, 5.41) is 9.62. The number of allylic oxidation sites excluding steroid dienone is 5. The highest BCUT2D eigenvalue weighted by atomic mass is 16.5. The summed E-state index contributed by atoms with van der Waals surface area (Å²) in [6.45, 7) is 4.66. The van der Waals surface area contributed by atoms with Crippen LogP contribution in [0.25, 0.3) is 0 Å². The summed E-state index contributed by atoms with van der Waals surface area (Å²) < 4.78 is 11.3. The lowest BCUT2D eigenvalue weighted by atomic mass is 9.96. The van der Waals surface area contributed by atoms with Crippen molar-refractivity contribution in [2.24, 2.45) is 0 Å². The van der Waals surface area contributed by atoms with Crippen LogP contribution in [0.1, 0.15) is 25.8 Å². The smallest absolute Gasteiger partial charge is 0.348 e. The van der Waals surface area contributed by atoms with Crippen LogP contribution >= 0.6 is 0 Å². The lowest BCUT2D eigenvalue weighted by Gasteiger charge is -2.24. The largest absolute Gasteiger partial charge is 0.494 e. The second-order valence-corrected chi connectivity index (χ2v) is 7.78. The molecular weight excluding hydrogens is 396 g/mol. The van der Waals surface area contributed by atoms with Crippen molar-refractivity contribution < 1.29 is 24.2 Å². The fourth-order valence-corrected chi connectivity index (χ4v) is 3.27. The number of hydrogen-bond acceptors (Lipinski definition) is 4. The maximum atomic E-state index is 11.8. The molecule has 0 spiro atoms. The van der Waals surface area contributed by atoms with Crippen molar-refractivity contribution >= 4 is 12.0 Å². The minimum atomic E-state index is -1.38. The number of carboxylic acid groups (broad SMARTS) is 1. The number of hydrogen-bond donors (Lipinski definition) is 1. The van der Waals surface area contributed by atoms with Gasteiger partial charge in [0.05, 0.1) is 18.9 Å². The Morgan fingerprint density at radius 2 is 1.87 bits per heavy atom. The maximum Gasteiger partial charge on any atom is 0.348 e. The van der Waals surface area contributed by atoms with E-state index in [2.05, 4.69) is 0 Å². The van der Waals surface area contributed by atoms with Gasteiger partial charge in [-0.1, -0.05) is 36.4 Å². The molecule has 1 fully saturated rings. The van der Waals surface area contributed by atoms with E-state index in [0.717, 1.165) is 12.0 Å². The number of benzene rings is 1. The van der Waals surface area contributed by atoms with Gasteiger partial charge >= 0.3 is 12.0 Å². The van der Waals surface area contributed by atoms with Gasteiger partial charge in [-0.3, -0.25) is 0 Å². The van der Waals surface area contributed by atoms with Crippen LogP contribution in [0.4, 0.5) is 4.79 Å². The van der Waals surface area contributed by atoms with Crippen LogP contribution < -0.4 is 4.74 Å². The molecule has 1 heterocycles. The molecule has 1 aromatic rings. The van der Waals surface area contributed by atoms with E-state index in [9.17, 15) is 14.7 Å². The first-order valence-corrected chi connectivity index (χ1v) is 10.3. The van der Waals surface area contributed by atoms with Crippen LogP contribution in [0.5, 0.6) is 5.75 Å². The van der Waals surface area contributed by atoms with Gasteiger partial charge in [-0.05, 0) is 37.6 Å². The van der Waals surface area contributed by atoms with E-state index < -0.39 is 11.6 Å². The van der Waals surface area contributed by atoms with Crippen molar-refractivity contribution in [2.45, 2.75) is 38.3 Å². The fraction of sp³-hybridized carbons (Fsp3) is 0.417. The van der Waals surface area contributed by atoms with Crippen LogP contribution in [0, 0.1) is 0 Å². The Hall–Kier alpha value is -3.22. The predicted molar refractivity (Wildman–Crippen MR) is 120 cm³/mol. The molecule has 168 valence electrons. The van der Waals surface area contributed by atoms with Gasteiger partial charge in [0.25, 0.3) is 0 Å². The van der Waals surface area contributed by atoms with Crippen LogP contribution in [0.15, 0.2) is 60.9 Å². The van der Waals surface area contributed by atoms with Crippen LogP contribution in [-0.4, -0.2) is 65.8 Å². The highest BCUT2D eigenvalue weighted by molar-refractivity contribution is 5.77. The van der Waals surface area contributed by atoms with E-state index in [-0.39, 0.29) is 18.5 Å². The highest BCUT2D eigenvalue weighted by Crippen LogP contribution is 2.22. The molecule has 1 aliphatic heterocycles. The van der Waals surface area contributed by atoms with Crippen molar-refractivity contribution in [3.8, 4) is 5.75 Å². The topological polar surface area (TPSA) is 79.3 Å². The summed E-state index contributed by atoms with van der Waals surface area (Å²) in [6.07, 6.45) is 11.4. The second-order valence-electron chi connectivity index (χ2n) is 7.78. The summed E-state index contributed by atoms with van der Waals surface area (Å²) in [7, 11) is 3.60. The number of amides is 2. The van der Waals surface area contributed by atoms with Crippen molar-refractivity contribution in [1.82, 2.24) is 9.80 Å². The lowest BCUT2D eigenvalue weighted by molar-refractivity contribution is -0.157. The average molecular weight is 429 g/mol. The van der Waals surface area contributed by atoms with Gasteiger partial charge in [-0.25, -0.2) is 9.59 Å². The van der Waals surface area contributed by atoms with E-state index in [4.69, 9.17) is 9.47 Å². The highest BCUT2D eigenvalue weighted by Gasteiger charge is 2.35. The van der Waals surface area contributed by atoms with Gasteiger partial charge in [0.1, 0.15) is 5.75 Å². The molecule has 1 aliphatic rings. The zero-order valence-electron chi connectivity index (χ0n) is 18.7. The fourth-order valence-electron chi connectivity index (χ4n) is 3.27. The monoisotopic (exact) mass is 428 g/mol. The van der Waals surface area contributed by atoms with Crippen LogP contribution in [0.3, 0.4) is 0 Å². The van der Waals surface area contributed by atoms with Crippen LogP contribution in [-0.2, 0) is 16.0 Å². The molecule has 2 amide bonds. The molecule has 1 saturated heterocycles. The zero-order chi connectivity index (χ0) is 22.9. The molecular formula is C24H32N2O5. The van der Waals surface area contributed by atoms with Crippen molar-refractivity contribution in [3.05, 3.63) is 66.5 Å². The molecule has 2 atom stereocenters. The average Bonchev–Trinajstić information content (AvgIpc) is 2.98. The number of nitrogens with zero attached hydrogens (tertiary/aromatic N) is 2. The Morgan fingerprint density at radius 3 is 2.45 bits per heavy atom. The molecule has 1 aromatic carbocycles. The molecule has 31 heavy (non-hydrogen) atoms. The molecule has 7 nitrogen and oxygen atoms in total. The maximum absolute atomic E-state index is 11.8. The molecule has 0 radical (unpaired) electrons. The van der Waals surface area contributed by atoms with E-state index in [1.165, 1.54) is 6.26 Å². The first kappa shape index (κ1) is 24.1. The first-order valence-electron chi connectivity index (χ1n) is 10.3. The zero-order valence-corrected chi connectivity index (χ0v) is 18.7. The molecule has 0 aliphatic carbocycles. The van der Waals surface area contributed by atoms with Crippen molar-refractivity contribution in [2.75, 3.05) is 27.2 Å². The third-order valence-corrected chi connectivity index (χ3v) is 5.23. The van der Waals surface area contributed by atoms with E-state index in [1.54, 1.807) is 43.0 Å². The molecule has 0 unspecified atom stereocenters. The van der Waals surface area contributed by atoms with Gasteiger partial charge in [-0.2, -0.15) is 0 Å². The third-order valence-electron chi connectivity index (χ3n) is 5.23. The van der Waals surface area contributed by atoms with Gasteiger partial charge in [-0.15, -0.1) is 0 Å². The van der Waals surface area contributed by atoms with E-state index in [0.29, 0.717) is 18.9 Å². The predicted octanol–water partition coefficient (Wildman–Crippen LogP) is 3.87. The van der Waals surface area contributed by atoms with Gasteiger partial charge in [0.15, 0.2) is 0 Å². The van der Waals surface area contributed by atoms with Gasteiger partial charge in [0, 0.05) is 33.5 Å². The Balaban J connectivity index is 1.87. The summed E-state index contributed by atoms with van der Waals surface area (Å²) in [5.41, 5.74) is -0.545. The molecule has 0 bridgehead atoms. The SMILES string of the molecule is C\C=C/C=C\C=C\O[C@@](C)(Cc1ccc(OCC[C@H]2CN(C)C(=O)N2C)cc1)C(=O)O. The number of carbonyl (C=O) groups is 2. The number of urea groups is 1. The lowest BCUT2D eigenvalue weighted by Crippen LogP contribution is -2.39. The molecule has 0 saturated carbocycles. The standard InChI is InChI=1S/C24H32N2O5/c1-5-6-7-8-9-15-31-24(2,22(27)28)17-19-10-12-21(13-11-19)30-16-14-20-18-25(3)23(29)26(20)4/h5-13,15,20H,14,16-18H2,1-4H3,(H,27,28)/b6-5-,8-7-,15-9+/t20-,24-/m0/s1. The molecule has 2 rings (SSSR count). The summed E-state index contributed by atoms with van der Waals surface area (Å²) in [4.78, 5) is 27.0. The number of ether oxygens (including phenoxy) is 2. The number of carbonyl (C=O) groups excluding carboxylic acids is 1. The Labute approximate surface area is 184 Å². The van der Waals surface area contributed by atoms with Crippen molar-refractivity contribution in [3.63, 3.8) is 0 Å². The summed E-state index contributed by atoms with van der Waals surface area (Å²) in [5.74, 6) is -0.328. The van der Waals surface area contributed by atoms with Gasteiger partial charge < -0.3 is 24.4 Å². The normalized spacial score (nSPS) is 19.0. The Morgan fingerprint density at radius 1 is 1.19 bits per heavy atom. The summed E-state index contributed by atoms with van der Waals surface area (Å²) in [6, 6.07) is 7.50. The van der Waals surface area contributed by atoms with Crippen LogP contribution in [0.2, 0.25) is 0 Å². The third kappa shape index (κ3) is 6.91. The number of carboxylic acids is 1. The number of rotatable bonds is 11. The van der Waals surface area contributed by atoms with E-state index >= 15 is 0 Å². The van der Waals surface area contributed by atoms with E-state index in [1.807, 2.05) is 49.4 Å². The molecule has 1 N–H and O–H groups in total. The number of likely N-dealkylation sites (N-methyl/N-ethyl adjacent to an activating group) is 2. The summed E-state index contributed by atoms with van der Waals surface area (Å²) >= 11 is 0. The first-order chi connectivity index (χ1) is 14.8. The molecule has 7 heteroatoms. The second kappa shape index (κ2) is 11.2. The van der Waals surface area contributed by atoms with Crippen molar-refractivity contribution in [1.29, 1.82) is 0 Å². The Kier molecular flexibility index (Phi) is 8.73.